The van der Waals surface area contributed by atoms with Gasteiger partial charge in [-0.1, -0.05) is 32.0 Å². The number of halogens is 1. The highest BCUT2D eigenvalue weighted by Crippen LogP contribution is 2.13. The second-order valence-electron chi connectivity index (χ2n) is 4.19. The van der Waals surface area contributed by atoms with Gasteiger partial charge in [-0.2, -0.15) is 0 Å². The first-order valence-electron chi connectivity index (χ1n) is 7.08. The van der Waals surface area contributed by atoms with Crippen molar-refractivity contribution in [3.8, 4) is 5.88 Å². The number of pyridine rings is 1. The van der Waals surface area contributed by atoms with Crippen LogP contribution in [0.4, 0.5) is 4.39 Å². The van der Waals surface area contributed by atoms with Crippen LogP contribution in [-0.4, -0.2) is 16.5 Å². The third-order valence-electron chi connectivity index (χ3n) is 2.71. The second kappa shape index (κ2) is 9.44. The molecule has 0 radical (unpaired) electrons. The molecule has 5 nitrogen and oxygen atoms in total. The summed E-state index contributed by atoms with van der Waals surface area (Å²) < 4.78 is 19.1. The minimum absolute atomic E-state index is 0.0835. The van der Waals surface area contributed by atoms with Crippen molar-refractivity contribution in [3.05, 3.63) is 69.7 Å². The van der Waals surface area contributed by atoms with Gasteiger partial charge in [-0.3, -0.25) is 10.1 Å². The van der Waals surface area contributed by atoms with Gasteiger partial charge >= 0.3 is 0 Å². The molecule has 0 saturated heterocycles. The van der Waals surface area contributed by atoms with Crippen molar-refractivity contribution < 1.29 is 14.1 Å². The summed E-state index contributed by atoms with van der Waals surface area (Å²) in [5.41, 5.74) is 0.987. The fraction of sp³-hybridized carbons (Fsp3) is 0.312. The van der Waals surface area contributed by atoms with E-state index >= 15 is 0 Å². The molecular weight excluding hydrogens is 287 g/mol. The first-order valence-corrected chi connectivity index (χ1v) is 7.08. The van der Waals surface area contributed by atoms with E-state index in [0.717, 1.165) is 0 Å². The summed E-state index contributed by atoms with van der Waals surface area (Å²) in [6, 6.07) is 9.86. The predicted molar refractivity (Wildman–Crippen MR) is 81.9 cm³/mol. The van der Waals surface area contributed by atoms with Crippen molar-refractivity contribution in [3.63, 3.8) is 0 Å². The van der Waals surface area contributed by atoms with Gasteiger partial charge in [-0.05, 0) is 23.3 Å². The zero-order valence-electron chi connectivity index (χ0n) is 12.7. The molecule has 0 spiro atoms. The summed E-state index contributed by atoms with van der Waals surface area (Å²) in [6.07, 6.45) is 1.69. The first-order chi connectivity index (χ1) is 10.6. The lowest BCUT2D eigenvalue weighted by Gasteiger charge is -2.07. The van der Waals surface area contributed by atoms with E-state index in [9.17, 15) is 14.5 Å². The molecule has 0 saturated carbocycles. The third-order valence-corrected chi connectivity index (χ3v) is 2.71. The molecule has 0 fully saturated rings. The van der Waals surface area contributed by atoms with Crippen molar-refractivity contribution >= 4 is 0 Å². The number of aromatic nitrogens is 1. The van der Waals surface area contributed by atoms with Gasteiger partial charge in [0.25, 0.3) is 0 Å². The lowest BCUT2D eigenvalue weighted by atomic mass is 10.1. The van der Waals surface area contributed by atoms with Gasteiger partial charge in [0.05, 0.1) is 0 Å². The topological polar surface area (TPSA) is 65.3 Å². The van der Waals surface area contributed by atoms with E-state index in [-0.39, 0.29) is 19.6 Å². The van der Waals surface area contributed by atoms with E-state index in [0.29, 0.717) is 17.0 Å². The standard InChI is InChI=1S/C14H13FN2O3.C2H6/c15-13-9-11(4-5-12(13)6-8-17(18)19)10-20-14-3-1-2-7-16-14;1-2/h1-5,7,9H,6,8,10H2;1-2H3. The highest BCUT2D eigenvalue weighted by atomic mass is 19.1. The Kier molecular flexibility index (Phi) is 7.53. The lowest BCUT2D eigenvalue weighted by Crippen LogP contribution is -2.06. The SMILES string of the molecule is CC.O=[N+]([O-])CCc1ccc(COc2ccccn2)cc1F. The Hall–Kier alpha value is -2.50. The molecule has 1 aromatic carbocycles. The van der Waals surface area contributed by atoms with Crippen LogP contribution in [0.15, 0.2) is 42.6 Å². The number of hydrogen-bond donors (Lipinski definition) is 0. The van der Waals surface area contributed by atoms with Crippen molar-refractivity contribution in [1.29, 1.82) is 0 Å². The maximum Gasteiger partial charge on any atom is 0.213 e. The molecule has 0 atom stereocenters. The fourth-order valence-electron chi connectivity index (χ4n) is 1.68. The first kappa shape index (κ1) is 17.6. The molecule has 0 aliphatic rings. The van der Waals surface area contributed by atoms with Gasteiger partial charge in [0, 0.05) is 23.6 Å². The quantitative estimate of drug-likeness (QED) is 0.603. The molecule has 6 heteroatoms. The molecular formula is C16H19FN2O3. The Morgan fingerprint density at radius 2 is 2.05 bits per heavy atom. The van der Waals surface area contributed by atoms with E-state index in [2.05, 4.69) is 4.98 Å². The maximum atomic E-state index is 13.7. The molecule has 0 aliphatic carbocycles. The minimum Gasteiger partial charge on any atom is -0.473 e. The van der Waals surface area contributed by atoms with E-state index in [4.69, 9.17) is 4.74 Å². The van der Waals surface area contributed by atoms with Crippen LogP contribution in [0.5, 0.6) is 5.88 Å². The van der Waals surface area contributed by atoms with Gasteiger partial charge in [-0.25, -0.2) is 9.37 Å². The normalized spacial score (nSPS) is 9.59. The van der Waals surface area contributed by atoms with Crippen LogP contribution in [0.3, 0.4) is 0 Å². The number of ether oxygens (including phenoxy) is 1. The average Bonchev–Trinajstić information content (AvgIpc) is 2.55. The molecule has 0 aliphatic heterocycles. The highest BCUT2D eigenvalue weighted by molar-refractivity contribution is 5.24. The number of rotatable bonds is 6. The van der Waals surface area contributed by atoms with Crippen LogP contribution in [0.1, 0.15) is 25.0 Å². The number of hydrogen-bond acceptors (Lipinski definition) is 4. The Labute approximate surface area is 128 Å². The van der Waals surface area contributed by atoms with E-state index < -0.39 is 10.7 Å². The predicted octanol–water partition coefficient (Wildman–Crippen LogP) is 3.65. The molecule has 0 amide bonds. The second-order valence-corrected chi connectivity index (χ2v) is 4.19. The van der Waals surface area contributed by atoms with Crippen molar-refractivity contribution in [1.82, 2.24) is 4.98 Å². The van der Waals surface area contributed by atoms with Crippen molar-refractivity contribution in [2.75, 3.05) is 6.54 Å². The Balaban J connectivity index is 0.00000116. The molecule has 0 N–H and O–H groups in total. The Bertz CT molecular complexity index is 591. The maximum absolute atomic E-state index is 13.7. The third kappa shape index (κ3) is 5.87. The van der Waals surface area contributed by atoms with Gasteiger partial charge in [0.15, 0.2) is 0 Å². The molecule has 0 bridgehead atoms. The summed E-state index contributed by atoms with van der Waals surface area (Å²) in [4.78, 5) is 13.8. The monoisotopic (exact) mass is 306 g/mol. The molecule has 1 aromatic heterocycles. The molecule has 1 heterocycles. The minimum atomic E-state index is -0.461. The summed E-state index contributed by atoms with van der Waals surface area (Å²) >= 11 is 0. The van der Waals surface area contributed by atoms with E-state index in [1.165, 1.54) is 6.07 Å². The number of benzene rings is 1. The summed E-state index contributed by atoms with van der Waals surface area (Å²) in [5, 5.41) is 10.3. The molecule has 2 aromatic rings. The van der Waals surface area contributed by atoms with Crippen molar-refractivity contribution in [2.45, 2.75) is 26.9 Å². The summed E-state index contributed by atoms with van der Waals surface area (Å²) in [6.45, 7) is 3.92. The van der Waals surface area contributed by atoms with Crippen molar-refractivity contribution in [2.24, 2.45) is 0 Å². The number of nitro groups is 1. The summed E-state index contributed by atoms with van der Waals surface area (Å²) in [5.74, 6) is 0.0132. The van der Waals surface area contributed by atoms with Crippen LogP contribution in [-0.2, 0) is 13.0 Å². The van der Waals surface area contributed by atoms with Crippen LogP contribution in [0.25, 0.3) is 0 Å². The van der Waals surface area contributed by atoms with Gasteiger partial charge < -0.3 is 4.74 Å². The number of nitrogens with zero attached hydrogens (tertiary/aromatic N) is 2. The van der Waals surface area contributed by atoms with Crippen LogP contribution < -0.4 is 4.74 Å². The lowest BCUT2D eigenvalue weighted by molar-refractivity contribution is -0.479. The molecule has 118 valence electrons. The molecule has 2 rings (SSSR count). The largest absolute Gasteiger partial charge is 0.473 e. The Morgan fingerprint density at radius 1 is 1.27 bits per heavy atom. The zero-order chi connectivity index (χ0) is 16.4. The zero-order valence-corrected chi connectivity index (χ0v) is 12.7. The summed E-state index contributed by atoms with van der Waals surface area (Å²) in [7, 11) is 0. The fourth-order valence-corrected chi connectivity index (χ4v) is 1.68. The van der Waals surface area contributed by atoms with E-state index in [1.807, 2.05) is 13.8 Å². The highest BCUT2D eigenvalue weighted by Gasteiger charge is 2.07. The Morgan fingerprint density at radius 3 is 2.64 bits per heavy atom. The molecule has 22 heavy (non-hydrogen) atoms. The van der Waals surface area contributed by atoms with E-state index in [1.54, 1.807) is 36.5 Å². The molecule has 0 unspecified atom stereocenters. The van der Waals surface area contributed by atoms with Crippen LogP contribution in [0.2, 0.25) is 0 Å². The van der Waals surface area contributed by atoms with Gasteiger partial charge in [0.1, 0.15) is 12.4 Å². The van der Waals surface area contributed by atoms with Crippen LogP contribution >= 0.6 is 0 Å². The van der Waals surface area contributed by atoms with Crippen LogP contribution in [0, 0.1) is 15.9 Å². The smallest absolute Gasteiger partial charge is 0.213 e. The van der Waals surface area contributed by atoms with Gasteiger partial charge in [0.2, 0.25) is 12.4 Å². The average molecular weight is 306 g/mol. The van der Waals surface area contributed by atoms with Gasteiger partial charge in [-0.15, -0.1) is 0 Å².